The first-order valence-electron chi connectivity index (χ1n) is 10.3. The van der Waals surface area contributed by atoms with Crippen molar-refractivity contribution in [1.29, 1.82) is 0 Å². The standard InChI is InChI=1S/C26H19N5O2/c1-17-4-6-18(7-5-17)16-28-29-24(32)19-8-10-20(11-9-19)25-30-31-26(33-25)22-12-13-23-21(15-22)3-2-14-27-23/h2-16H,1H3,(H,29,32)/b28-16+. The summed E-state index contributed by atoms with van der Waals surface area (Å²) in [7, 11) is 0. The van der Waals surface area contributed by atoms with Crippen molar-refractivity contribution in [3.05, 3.63) is 102 Å². The number of pyridine rings is 1. The Kier molecular flexibility index (Phi) is 5.43. The van der Waals surface area contributed by atoms with E-state index in [4.69, 9.17) is 4.42 Å². The van der Waals surface area contributed by atoms with Gasteiger partial charge in [-0.1, -0.05) is 35.9 Å². The van der Waals surface area contributed by atoms with E-state index in [1.165, 1.54) is 5.56 Å². The molecule has 5 aromatic rings. The molecule has 1 amide bonds. The zero-order valence-corrected chi connectivity index (χ0v) is 17.8. The van der Waals surface area contributed by atoms with Crippen LogP contribution < -0.4 is 5.43 Å². The molecule has 0 atom stereocenters. The van der Waals surface area contributed by atoms with Gasteiger partial charge in [-0.3, -0.25) is 9.78 Å². The summed E-state index contributed by atoms with van der Waals surface area (Å²) in [5.74, 6) is 0.490. The third-order valence-corrected chi connectivity index (χ3v) is 5.13. The minimum Gasteiger partial charge on any atom is -0.416 e. The van der Waals surface area contributed by atoms with Crippen molar-refractivity contribution in [3.63, 3.8) is 0 Å². The summed E-state index contributed by atoms with van der Waals surface area (Å²) in [6.45, 7) is 2.02. The van der Waals surface area contributed by atoms with Crippen molar-refractivity contribution >= 4 is 23.0 Å². The van der Waals surface area contributed by atoms with Crippen LogP contribution in [0.3, 0.4) is 0 Å². The Balaban J connectivity index is 1.27. The van der Waals surface area contributed by atoms with Crippen LogP contribution in [0.2, 0.25) is 0 Å². The highest BCUT2D eigenvalue weighted by Gasteiger charge is 2.12. The van der Waals surface area contributed by atoms with Crippen molar-refractivity contribution in [2.24, 2.45) is 5.10 Å². The van der Waals surface area contributed by atoms with E-state index in [0.717, 1.165) is 27.6 Å². The van der Waals surface area contributed by atoms with E-state index >= 15 is 0 Å². The number of fused-ring (bicyclic) bond motifs is 1. The lowest BCUT2D eigenvalue weighted by Gasteiger charge is -2.01. The minimum absolute atomic E-state index is 0.305. The SMILES string of the molecule is Cc1ccc(/C=N/NC(=O)c2ccc(-c3nnc(-c4ccc5ncccc5c4)o3)cc2)cc1. The van der Waals surface area contributed by atoms with E-state index in [1.807, 2.05) is 61.5 Å². The van der Waals surface area contributed by atoms with Crippen molar-refractivity contribution in [3.8, 4) is 22.9 Å². The number of rotatable bonds is 5. The van der Waals surface area contributed by atoms with Crippen molar-refractivity contribution in [2.75, 3.05) is 0 Å². The largest absolute Gasteiger partial charge is 0.416 e. The second-order valence-electron chi connectivity index (χ2n) is 7.51. The average molecular weight is 433 g/mol. The van der Waals surface area contributed by atoms with Gasteiger partial charge >= 0.3 is 0 Å². The van der Waals surface area contributed by atoms with Crippen LogP contribution in [-0.2, 0) is 0 Å². The zero-order chi connectivity index (χ0) is 22.6. The quantitative estimate of drug-likeness (QED) is 0.310. The van der Waals surface area contributed by atoms with E-state index < -0.39 is 0 Å². The molecule has 1 N–H and O–H groups in total. The first-order chi connectivity index (χ1) is 16.2. The molecule has 5 rings (SSSR count). The molecule has 0 aliphatic rings. The van der Waals surface area contributed by atoms with E-state index in [1.54, 1.807) is 36.7 Å². The number of hydrazone groups is 1. The van der Waals surface area contributed by atoms with Gasteiger partial charge in [0.2, 0.25) is 11.8 Å². The second kappa shape index (κ2) is 8.84. The maximum atomic E-state index is 12.4. The molecule has 33 heavy (non-hydrogen) atoms. The Hall–Kier alpha value is -4.65. The van der Waals surface area contributed by atoms with Crippen LogP contribution in [0, 0.1) is 6.92 Å². The van der Waals surface area contributed by atoms with E-state index in [2.05, 4.69) is 25.7 Å². The summed E-state index contributed by atoms with van der Waals surface area (Å²) >= 11 is 0. The summed E-state index contributed by atoms with van der Waals surface area (Å²) in [5.41, 5.74) is 7.52. The molecule has 0 fully saturated rings. The van der Waals surface area contributed by atoms with Crippen molar-refractivity contribution in [2.45, 2.75) is 6.92 Å². The number of hydrogen-bond donors (Lipinski definition) is 1. The lowest BCUT2D eigenvalue weighted by atomic mass is 10.1. The van der Waals surface area contributed by atoms with Crippen LogP contribution >= 0.6 is 0 Å². The number of hydrogen-bond acceptors (Lipinski definition) is 6. The molecule has 0 bridgehead atoms. The first kappa shape index (κ1) is 20.3. The van der Waals surface area contributed by atoms with Crippen LogP contribution in [-0.4, -0.2) is 27.3 Å². The lowest BCUT2D eigenvalue weighted by molar-refractivity contribution is 0.0955. The fourth-order valence-corrected chi connectivity index (χ4v) is 3.31. The third kappa shape index (κ3) is 4.52. The fraction of sp³-hybridized carbons (Fsp3) is 0.0385. The van der Waals surface area contributed by atoms with Gasteiger partial charge in [0.05, 0.1) is 11.7 Å². The zero-order valence-electron chi connectivity index (χ0n) is 17.8. The van der Waals surface area contributed by atoms with E-state index in [0.29, 0.717) is 17.3 Å². The molecule has 0 aliphatic heterocycles. The number of aryl methyl sites for hydroxylation is 1. The molecule has 0 unspecified atom stereocenters. The predicted molar refractivity (Wildman–Crippen MR) is 127 cm³/mol. The Morgan fingerprint density at radius 2 is 1.64 bits per heavy atom. The highest BCUT2D eigenvalue weighted by atomic mass is 16.4. The van der Waals surface area contributed by atoms with E-state index in [-0.39, 0.29) is 5.91 Å². The number of carbonyl (C=O) groups excluding carboxylic acids is 1. The highest BCUT2D eigenvalue weighted by molar-refractivity contribution is 5.95. The van der Waals surface area contributed by atoms with Gasteiger partial charge in [-0.2, -0.15) is 5.10 Å². The molecule has 160 valence electrons. The summed E-state index contributed by atoms with van der Waals surface area (Å²) in [5, 5.41) is 13.3. The maximum Gasteiger partial charge on any atom is 0.271 e. The molecule has 0 saturated carbocycles. The van der Waals surface area contributed by atoms with E-state index in [9.17, 15) is 4.79 Å². The summed E-state index contributed by atoms with van der Waals surface area (Å²) in [6, 6.07) is 24.4. The van der Waals surface area contributed by atoms with Crippen molar-refractivity contribution in [1.82, 2.24) is 20.6 Å². The molecule has 7 heteroatoms. The molecular weight excluding hydrogens is 414 g/mol. The second-order valence-corrected chi connectivity index (χ2v) is 7.51. The smallest absolute Gasteiger partial charge is 0.271 e. The Morgan fingerprint density at radius 1 is 0.909 bits per heavy atom. The van der Waals surface area contributed by atoms with Crippen LogP contribution in [0.5, 0.6) is 0 Å². The molecule has 0 aliphatic carbocycles. The molecule has 2 heterocycles. The molecule has 0 radical (unpaired) electrons. The minimum atomic E-state index is -0.305. The monoisotopic (exact) mass is 433 g/mol. The van der Waals surface area contributed by atoms with Gasteiger partial charge in [0.15, 0.2) is 0 Å². The van der Waals surface area contributed by atoms with Crippen molar-refractivity contribution < 1.29 is 9.21 Å². The fourth-order valence-electron chi connectivity index (χ4n) is 3.31. The summed E-state index contributed by atoms with van der Waals surface area (Å²) in [6.07, 6.45) is 3.36. The highest BCUT2D eigenvalue weighted by Crippen LogP contribution is 2.26. The van der Waals surface area contributed by atoms with Crippen LogP contribution in [0.1, 0.15) is 21.5 Å². The van der Waals surface area contributed by atoms with Gasteiger partial charge in [-0.25, -0.2) is 5.43 Å². The molecule has 2 aromatic heterocycles. The molecule has 0 spiro atoms. The number of carbonyl (C=O) groups is 1. The lowest BCUT2D eigenvalue weighted by Crippen LogP contribution is -2.17. The number of nitrogens with one attached hydrogen (secondary N) is 1. The molecule has 0 saturated heterocycles. The number of benzene rings is 3. The summed E-state index contributed by atoms with van der Waals surface area (Å²) in [4.78, 5) is 16.7. The number of nitrogens with zero attached hydrogens (tertiary/aromatic N) is 4. The summed E-state index contributed by atoms with van der Waals surface area (Å²) < 4.78 is 5.86. The van der Waals surface area contributed by atoms with Gasteiger partial charge in [0.25, 0.3) is 5.91 Å². The number of amides is 1. The van der Waals surface area contributed by atoms with Gasteiger partial charge in [0, 0.05) is 28.3 Å². The van der Waals surface area contributed by atoms with Crippen LogP contribution in [0.15, 0.2) is 94.6 Å². The predicted octanol–water partition coefficient (Wildman–Crippen LogP) is 5.02. The average Bonchev–Trinajstić information content (AvgIpc) is 3.35. The third-order valence-electron chi connectivity index (χ3n) is 5.13. The Bertz CT molecular complexity index is 1450. The topological polar surface area (TPSA) is 93.3 Å². The van der Waals surface area contributed by atoms with Crippen LogP contribution in [0.25, 0.3) is 33.8 Å². The maximum absolute atomic E-state index is 12.4. The first-order valence-corrected chi connectivity index (χ1v) is 10.3. The Morgan fingerprint density at radius 3 is 2.42 bits per heavy atom. The van der Waals surface area contributed by atoms with Gasteiger partial charge < -0.3 is 4.42 Å². The molecule has 3 aromatic carbocycles. The normalized spacial score (nSPS) is 11.2. The molecule has 7 nitrogen and oxygen atoms in total. The number of aromatic nitrogens is 3. The van der Waals surface area contributed by atoms with Gasteiger partial charge in [-0.05, 0) is 61.0 Å². The van der Waals surface area contributed by atoms with Gasteiger partial charge in [-0.15, -0.1) is 10.2 Å². The van der Waals surface area contributed by atoms with Gasteiger partial charge in [0.1, 0.15) is 0 Å². The Labute approximate surface area is 189 Å². The molecular formula is C26H19N5O2. The van der Waals surface area contributed by atoms with Crippen LogP contribution in [0.4, 0.5) is 0 Å².